The summed E-state index contributed by atoms with van der Waals surface area (Å²) in [6, 6.07) is 0. The molecule has 8 heteroatoms. The first-order chi connectivity index (χ1) is 10.7. The van der Waals surface area contributed by atoms with Crippen molar-refractivity contribution in [1.82, 2.24) is 29.5 Å². The van der Waals surface area contributed by atoms with Crippen LogP contribution in [0.1, 0.15) is 51.2 Å². The number of aromatic nitrogens is 6. The summed E-state index contributed by atoms with van der Waals surface area (Å²) in [7, 11) is 0. The molecule has 0 aromatic carbocycles. The van der Waals surface area contributed by atoms with Crippen LogP contribution in [0.2, 0.25) is 0 Å². The molecular formula is C14H24N6O2. The van der Waals surface area contributed by atoms with Crippen LogP contribution in [0.4, 0.5) is 0 Å². The van der Waals surface area contributed by atoms with Gasteiger partial charge >= 0.3 is 11.4 Å². The van der Waals surface area contributed by atoms with E-state index in [9.17, 15) is 9.59 Å². The van der Waals surface area contributed by atoms with E-state index in [4.69, 9.17) is 0 Å². The van der Waals surface area contributed by atoms with Crippen molar-refractivity contribution in [3.63, 3.8) is 0 Å². The zero-order valence-electron chi connectivity index (χ0n) is 13.3. The fourth-order valence-corrected chi connectivity index (χ4v) is 2.53. The Hall–Kier alpha value is -2.12. The second-order valence-corrected chi connectivity index (χ2v) is 5.40. The standard InChI is InChI=1S/C14H24N6O2/c1-3-7-11-15-17-13(21)19(11)9-5-6-10-20-12(8-4-2)16-18-14(20)22/h3-10H2,1-2H3,(H,17,21)(H,18,22). The average molecular weight is 308 g/mol. The number of unbranched alkanes of at least 4 members (excludes halogenated alkanes) is 1. The van der Waals surface area contributed by atoms with Gasteiger partial charge in [-0.15, -0.1) is 0 Å². The van der Waals surface area contributed by atoms with Crippen LogP contribution >= 0.6 is 0 Å². The maximum atomic E-state index is 11.7. The minimum atomic E-state index is -0.157. The van der Waals surface area contributed by atoms with Crippen LogP contribution in [0.3, 0.4) is 0 Å². The Balaban J connectivity index is 1.90. The molecule has 8 nitrogen and oxygen atoms in total. The van der Waals surface area contributed by atoms with E-state index >= 15 is 0 Å². The van der Waals surface area contributed by atoms with Crippen molar-refractivity contribution < 1.29 is 0 Å². The first-order valence-corrected chi connectivity index (χ1v) is 7.95. The summed E-state index contributed by atoms with van der Waals surface area (Å²) in [6.45, 7) is 5.37. The fraction of sp³-hybridized carbons (Fsp3) is 0.714. The Morgan fingerprint density at radius 2 is 1.23 bits per heavy atom. The number of H-pyrrole nitrogens is 2. The quantitative estimate of drug-likeness (QED) is 0.670. The lowest BCUT2D eigenvalue weighted by atomic mass is 10.2. The van der Waals surface area contributed by atoms with Crippen LogP contribution in [0.15, 0.2) is 9.59 Å². The third-order valence-electron chi connectivity index (χ3n) is 3.64. The van der Waals surface area contributed by atoms with Gasteiger partial charge in [-0.2, -0.15) is 10.2 Å². The van der Waals surface area contributed by atoms with E-state index in [1.165, 1.54) is 0 Å². The molecule has 122 valence electrons. The van der Waals surface area contributed by atoms with Gasteiger partial charge in [-0.1, -0.05) is 13.8 Å². The molecule has 0 atom stereocenters. The Morgan fingerprint density at radius 1 is 0.818 bits per heavy atom. The summed E-state index contributed by atoms with van der Waals surface area (Å²) < 4.78 is 3.38. The lowest BCUT2D eigenvalue weighted by Gasteiger charge is -2.06. The fourth-order valence-electron chi connectivity index (χ4n) is 2.53. The van der Waals surface area contributed by atoms with Crippen LogP contribution < -0.4 is 11.4 Å². The summed E-state index contributed by atoms with van der Waals surface area (Å²) in [5, 5.41) is 13.1. The molecular weight excluding hydrogens is 284 g/mol. The molecule has 22 heavy (non-hydrogen) atoms. The minimum absolute atomic E-state index is 0.157. The van der Waals surface area contributed by atoms with E-state index in [0.717, 1.165) is 50.2 Å². The normalized spacial score (nSPS) is 11.2. The van der Waals surface area contributed by atoms with Gasteiger partial charge in [0.25, 0.3) is 0 Å². The van der Waals surface area contributed by atoms with Crippen molar-refractivity contribution in [1.29, 1.82) is 0 Å². The lowest BCUT2D eigenvalue weighted by Crippen LogP contribution is -2.21. The third kappa shape index (κ3) is 3.75. The number of rotatable bonds is 9. The van der Waals surface area contributed by atoms with Crippen molar-refractivity contribution in [3.8, 4) is 0 Å². The Bertz CT molecular complexity index is 632. The second kappa shape index (κ2) is 7.77. The molecule has 0 saturated heterocycles. The lowest BCUT2D eigenvalue weighted by molar-refractivity contribution is 0.515. The molecule has 0 amide bonds. The van der Waals surface area contributed by atoms with E-state index in [1.54, 1.807) is 9.13 Å². The minimum Gasteiger partial charge on any atom is -0.279 e. The summed E-state index contributed by atoms with van der Waals surface area (Å²) in [5.41, 5.74) is -0.314. The monoisotopic (exact) mass is 308 g/mol. The van der Waals surface area contributed by atoms with Crippen molar-refractivity contribution in [2.24, 2.45) is 0 Å². The van der Waals surface area contributed by atoms with E-state index in [2.05, 4.69) is 34.2 Å². The van der Waals surface area contributed by atoms with Gasteiger partial charge in [0.1, 0.15) is 11.6 Å². The van der Waals surface area contributed by atoms with Crippen LogP contribution in [0, 0.1) is 0 Å². The van der Waals surface area contributed by atoms with Crippen molar-refractivity contribution in [3.05, 3.63) is 32.6 Å². The third-order valence-corrected chi connectivity index (χ3v) is 3.64. The molecule has 0 aliphatic carbocycles. The maximum absolute atomic E-state index is 11.7. The van der Waals surface area contributed by atoms with Gasteiger partial charge in [0.05, 0.1) is 0 Å². The smallest absolute Gasteiger partial charge is 0.279 e. The number of aromatic amines is 2. The zero-order chi connectivity index (χ0) is 15.9. The molecule has 0 spiro atoms. The summed E-state index contributed by atoms with van der Waals surface area (Å²) >= 11 is 0. The number of hydrogen-bond acceptors (Lipinski definition) is 4. The largest absolute Gasteiger partial charge is 0.343 e. The molecule has 0 saturated carbocycles. The number of nitrogens with one attached hydrogen (secondary N) is 2. The van der Waals surface area contributed by atoms with Gasteiger partial charge in [-0.05, 0) is 25.7 Å². The topological polar surface area (TPSA) is 101 Å². The summed E-state index contributed by atoms with van der Waals surface area (Å²) in [4.78, 5) is 23.4. The highest BCUT2D eigenvalue weighted by Gasteiger charge is 2.09. The van der Waals surface area contributed by atoms with E-state index in [1.807, 2.05) is 0 Å². The molecule has 0 aliphatic rings. The number of nitrogens with zero attached hydrogens (tertiary/aromatic N) is 4. The Morgan fingerprint density at radius 3 is 1.59 bits per heavy atom. The molecule has 0 fully saturated rings. The summed E-state index contributed by atoms with van der Waals surface area (Å²) in [6.07, 6.45) is 5.13. The second-order valence-electron chi connectivity index (χ2n) is 5.40. The Labute approximate surface area is 128 Å². The van der Waals surface area contributed by atoms with Gasteiger partial charge in [0, 0.05) is 25.9 Å². The van der Waals surface area contributed by atoms with Crippen molar-refractivity contribution in [2.45, 2.75) is 65.5 Å². The predicted molar refractivity (Wildman–Crippen MR) is 82.9 cm³/mol. The molecule has 0 unspecified atom stereocenters. The zero-order valence-corrected chi connectivity index (χ0v) is 13.3. The highest BCUT2D eigenvalue weighted by Crippen LogP contribution is 2.03. The van der Waals surface area contributed by atoms with Crippen LogP contribution in [-0.2, 0) is 25.9 Å². The molecule has 0 bridgehead atoms. The van der Waals surface area contributed by atoms with Crippen LogP contribution in [0.25, 0.3) is 0 Å². The molecule has 2 rings (SSSR count). The SMILES string of the molecule is CCCc1n[nH]c(=O)n1CCCCn1c(CCC)n[nH]c1=O. The van der Waals surface area contributed by atoms with E-state index in [0.29, 0.717) is 13.1 Å². The van der Waals surface area contributed by atoms with E-state index < -0.39 is 0 Å². The molecule has 2 heterocycles. The van der Waals surface area contributed by atoms with E-state index in [-0.39, 0.29) is 11.4 Å². The van der Waals surface area contributed by atoms with Crippen molar-refractivity contribution >= 4 is 0 Å². The van der Waals surface area contributed by atoms with Gasteiger partial charge in [0.2, 0.25) is 0 Å². The maximum Gasteiger partial charge on any atom is 0.343 e. The first-order valence-electron chi connectivity index (χ1n) is 7.95. The highest BCUT2D eigenvalue weighted by atomic mass is 16.2. The highest BCUT2D eigenvalue weighted by molar-refractivity contribution is 4.87. The van der Waals surface area contributed by atoms with Crippen molar-refractivity contribution in [2.75, 3.05) is 0 Å². The molecule has 2 aromatic rings. The number of aryl methyl sites for hydroxylation is 2. The van der Waals surface area contributed by atoms with Crippen LogP contribution in [0.5, 0.6) is 0 Å². The average Bonchev–Trinajstić information content (AvgIpc) is 3.02. The molecule has 0 aliphatic heterocycles. The van der Waals surface area contributed by atoms with Crippen LogP contribution in [-0.4, -0.2) is 29.5 Å². The molecule has 0 radical (unpaired) electrons. The van der Waals surface area contributed by atoms with Gasteiger partial charge < -0.3 is 0 Å². The molecule has 2 N–H and O–H groups in total. The van der Waals surface area contributed by atoms with Gasteiger partial charge in [-0.3, -0.25) is 9.13 Å². The first kappa shape index (κ1) is 16.3. The van der Waals surface area contributed by atoms with Gasteiger partial charge in [0.15, 0.2) is 0 Å². The summed E-state index contributed by atoms with van der Waals surface area (Å²) in [5.74, 6) is 1.61. The Kier molecular flexibility index (Phi) is 5.74. The molecule has 2 aromatic heterocycles. The van der Waals surface area contributed by atoms with Gasteiger partial charge in [-0.25, -0.2) is 19.8 Å². The predicted octanol–water partition coefficient (Wildman–Crippen LogP) is 0.842. The number of hydrogen-bond donors (Lipinski definition) is 2.